The van der Waals surface area contributed by atoms with E-state index in [-0.39, 0.29) is 17.8 Å². The van der Waals surface area contributed by atoms with Gasteiger partial charge in [0.25, 0.3) is 0 Å². The summed E-state index contributed by atoms with van der Waals surface area (Å²) in [4.78, 5) is 2.45. The molecule has 1 aromatic heterocycles. The van der Waals surface area contributed by atoms with E-state index in [1.165, 1.54) is 12.1 Å². The van der Waals surface area contributed by atoms with Crippen LogP contribution in [0.3, 0.4) is 0 Å². The molecule has 2 fully saturated rings. The summed E-state index contributed by atoms with van der Waals surface area (Å²) in [5.41, 5.74) is 2.06. The molecular weight excluding hydrogens is 475 g/mol. The molecule has 184 valence electrons. The summed E-state index contributed by atoms with van der Waals surface area (Å²) in [5.74, 6) is 2.28. The topological polar surface area (TPSA) is 57.7 Å². The number of aromatic nitrogens is 3. The highest BCUT2D eigenvalue weighted by atomic mass is 35.5. The zero-order chi connectivity index (χ0) is 23.9. The fraction of sp³-hybridized carbons (Fsp3) is 0.423. The lowest BCUT2D eigenvalue weighted by Crippen LogP contribution is -2.27. The minimum atomic E-state index is -4.29. The molecule has 0 bridgehead atoms. The van der Waals surface area contributed by atoms with Gasteiger partial charge in [0.05, 0.1) is 17.2 Å². The monoisotopic (exact) mass is 501 g/mol. The third-order valence-electron chi connectivity index (χ3n) is 7.37. The van der Waals surface area contributed by atoms with E-state index >= 15 is 0 Å². The van der Waals surface area contributed by atoms with Crippen LogP contribution in [0, 0.1) is 17.2 Å². The Labute approximate surface area is 209 Å². The first-order chi connectivity index (χ1) is 16.3. The average molecular weight is 502 g/mol. The van der Waals surface area contributed by atoms with Crippen molar-refractivity contribution in [1.82, 2.24) is 19.7 Å². The van der Waals surface area contributed by atoms with Crippen LogP contribution >= 0.6 is 12.4 Å². The lowest BCUT2D eigenvalue weighted by Gasteiger charge is -2.21. The normalized spacial score (nSPS) is 21.3. The van der Waals surface area contributed by atoms with Crippen LogP contribution in [0.5, 0.6) is 0 Å². The van der Waals surface area contributed by atoms with Gasteiger partial charge >= 0.3 is 6.18 Å². The minimum absolute atomic E-state index is 0. The van der Waals surface area contributed by atoms with Crippen LogP contribution in [-0.4, -0.2) is 39.3 Å². The zero-order valence-corrected chi connectivity index (χ0v) is 20.2. The standard InChI is InChI=1S/C26H26F3N5.ClH/c1-33-23(31-32-24(33)19-7-5-18(15-30)6-8-19)4-2-3-13-34-16-22-14-25(22,17-34)20-9-11-21(12-10-20)26(27,28)29;/h5-12,22H,2-4,13-14,16-17H2,1H3;1H/t22-,25+;/m0./s1. The zero-order valence-electron chi connectivity index (χ0n) is 19.4. The molecule has 1 aliphatic heterocycles. The molecular formula is C26H27ClF3N5. The third kappa shape index (κ3) is 4.93. The van der Waals surface area contributed by atoms with Gasteiger partial charge < -0.3 is 9.47 Å². The molecule has 0 spiro atoms. The van der Waals surface area contributed by atoms with Crippen LogP contribution in [0.4, 0.5) is 13.2 Å². The van der Waals surface area contributed by atoms with Gasteiger partial charge in [0, 0.05) is 37.5 Å². The SMILES string of the molecule is Cl.Cn1c(CCCCN2C[C@@H]3C[C@]3(c3ccc(C(F)(F)F)cc3)C2)nnc1-c1ccc(C#N)cc1. The van der Waals surface area contributed by atoms with Gasteiger partial charge in [0.15, 0.2) is 5.82 Å². The van der Waals surface area contributed by atoms with Crippen LogP contribution in [0.25, 0.3) is 11.4 Å². The summed E-state index contributed by atoms with van der Waals surface area (Å²) in [6.45, 7) is 2.93. The molecule has 35 heavy (non-hydrogen) atoms. The molecule has 0 amide bonds. The summed E-state index contributed by atoms with van der Waals surface area (Å²) < 4.78 is 40.6. The predicted molar refractivity (Wildman–Crippen MR) is 129 cm³/mol. The average Bonchev–Trinajstić information content (AvgIpc) is 3.21. The van der Waals surface area contributed by atoms with Crippen molar-refractivity contribution in [2.24, 2.45) is 13.0 Å². The summed E-state index contributed by atoms with van der Waals surface area (Å²) in [5, 5.41) is 17.6. The highest BCUT2D eigenvalue weighted by Crippen LogP contribution is 2.59. The van der Waals surface area contributed by atoms with Crippen molar-refractivity contribution in [3.05, 3.63) is 71.0 Å². The van der Waals surface area contributed by atoms with E-state index in [2.05, 4.69) is 21.2 Å². The van der Waals surface area contributed by atoms with Crippen LogP contribution in [-0.2, 0) is 25.1 Å². The lowest BCUT2D eigenvalue weighted by molar-refractivity contribution is -0.137. The second-order valence-corrected chi connectivity index (χ2v) is 9.51. The Kier molecular flexibility index (Phi) is 6.94. The number of fused-ring (bicyclic) bond motifs is 1. The third-order valence-corrected chi connectivity index (χ3v) is 7.37. The summed E-state index contributed by atoms with van der Waals surface area (Å²) in [6.07, 6.45) is -0.345. The highest BCUT2D eigenvalue weighted by Gasteiger charge is 2.60. The Bertz CT molecular complexity index is 1210. The Hall–Kier alpha value is -2.89. The van der Waals surface area contributed by atoms with E-state index in [1.54, 1.807) is 24.3 Å². The lowest BCUT2D eigenvalue weighted by atomic mass is 9.94. The summed E-state index contributed by atoms with van der Waals surface area (Å²) in [6, 6.07) is 15.2. The Morgan fingerprint density at radius 3 is 2.43 bits per heavy atom. The number of nitrogens with zero attached hydrogens (tertiary/aromatic N) is 5. The van der Waals surface area contributed by atoms with Gasteiger partial charge in [-0.3, -0.25) is 0 Å². The Balaban J connectivity index is 0.00000289. The number of benzene rings is 2. The second kappa shape index (κ2) is 9.63. The number of hydrogen-bond donors (Lipinski definition) is 0. The molecule has 2 heterocycles. The van der Waals surface area contributed by atoms with Crippen molar-refractivity contribution in [1.29, 1.82) is 5.26 Å². The van der Waals surface area contributed by atoms with Crippen molar-refractivity contribution in [2.75, 3.05) is 19.6 Å². The molecule has 0 radical (unpaired) electrons. The number of unbranched alkanes of at least 4 members (excludes halogenated alkanes) is 1. The van der Waals surface area contributed by atoms with Gasteiger partial charge in [-0.25, -0.2) is 0 Å². The van der Waals surface area contributed by atoms with Gasteiger partial charge in [-0.1, -0.05) is 12.1 Å². The maximum Gasteiger partial charge on any atom is 0.416 e. The van der Waals surface area contributed by atoms with Crippen LogP contribution in [0.15, 0.2) is 48.5 Å². The van der Waals surface area contributed by atoms with Gasteiger partial charge in [0.2, 0.25) is 0 Å². The van der Waals surface area contributed by atoms with Crippen molar-refractivity contribution in [3.8, 4) is 17.5 Å². The number of rotatable bonds is 7. The van der Waals surface area contributed by atoms with Crippen molar-refractivity contribution in [2.45, 2.75) is 37.3 Å². The first-order valence-corrected chi connectivity index (χ1v) is 11.6. The van der Waals surface area contributed by atoms with Crippen LogP contribution in [0.2, 0.25) is 0 Å². The van der Waals surface area contributed by atoms with Gasteiger partial charge in [-0.05, 0) is 73.7 Å². The predicted octanol–water partition coefficient (Wildman–Crippen LogP) is 5.39. The van der Waals surface area contributed by atoms with Gasteiger partial charge in [0.1, 0.15) is 5.82 Å². The Morgan fingerprint density at radius 2 is 1.77 bits per heavy atom. The largest absolute Gasteiger partial charge is 0.416 e. The molecule has 2 atom stereocenters. The molecule has 3 aromatic rings. The number of likely N-dealkylation sites (tertiary alicyclic amines) is 1. The number of nitriles is 1. The number of halogens is 4. The van der Waals surface area contributed by atoms with E-state index < -0.39 is 11.7 Å². The second-order valence-electron chi connectivity index (χ2n) is 9.51. The number of alkyl halides is 3. The van der Waals surface area contributed by atoms with E-state index in [9.17, 15) is 13.2 Å². The minimum Gasteiger partial charge on any atom is -0.314 e. The number of aryl methyl sites for hydroxylation is 1. The summed E-state index contributed by atoms with van der Waals surface area (Å²) in [7, 11) is 1.96. The van der Waals surface area contributed by atoms with Crippen molar-refractivity contribution in [3.63, 3.8) is 0 Å². The molecule has 2 aromatic carbocycles. The fourth-order valence-electron chi connectivity index (χ4n) is 5.34. The van der Waals surface area contributed by atoms with Gasteiger partial charge in [-0.2, -0.15) is 18.4 Å². The van der Waals surface area contributed by atoms with Gasteiger partial charge in [-0.15, -0.1) is 22.6 Å². The smallest absolute Gasteiger partial charge is 0.314 e. The van der Waals surface area contributed by atoms with Crippen LogP contribution < -0.4 is 0 Å². The molecule has 0 N–H and O–H groups in total. The highest BCUT2D eigenvalue weighted by molar-refractivity contribution is 5.85. The van der Waals surface area contributed by atoms with Crippen LogP contribution in [0.1, 0.15) is 41.8 Å². The molecule has 1 aliphatic carbocycles. The first-order valence-electron chi connectivity index (χ1n) is 11.6. The number of piperidine rings is 1. The molecule has 1 saturated heterocycles. The molecule has 2 aliphatic rings. The first kappa shape index (κ1) is 25.2. The quantitative estimate of drug-likeness (QED) is 0.407. The van der Waals surface area contributed by atoms with E-state index in [4.69, 9.17) is 5.26 Å². The maximum absolute atomic E-state index is 12.9. The molecule has 5 nitrogen and oxygen atoms in total. The Morgan fingerprint density at radius 1 is 1.06 bits per heavy atom. The fourth-order valence-corrected chi connectivity index (χ4v) is 5.34. The molecule has 5 rings (SSSR count). The van der Waals surface area contributed by atoms with E-state index in [0.29, 0.717) is 11.5 Å². The van der Waals surface area contributed by atoms with E-state index in [0.717, 1.165) is 68.1 Å². The maximum atomic E-state index is 12.9. The molecule has 0 unspecified atom stereocenters. The summed E-state index contributed by atoms with van der Waals surface area (Å²) >= 11 is 0. The van der Waals surface area contributed by atoms with E-state index in [1.807, 2.05) is 23.7 Å². The van der Waals surface area contributed by atoms with Crippen molar-refractivity contribution >= 4 is 12.4 Å². The number of hydrogen-bond acceptors (Lipinski definition) is 4. The molecule has 9 heteroatoms. The van der Waals surface area contributed by atoms with Crippen molar-refractivity contribution < 1.29 is 13.2 Å². The molecule has 1 saturated carbocycles.